The Morgan fingerprint density at radius 3 is 0.704 bits per heavy atom. The van der Waals surface area contributed by atoms with Crippen LogP contribution in [0.5, 0.6) is 0 Å². The molecule has 0 aliphatic heterocycles. The highest BCUT2D eigenvalue weighted by atomic mass is 16.6. The number of ether oxygens (including phenoxy) is 3. The second kappa shape index (κ2) is 67.5. The van der Waals surface area contributed by atoms with Gasteiger partial charge in [-0.05, 0) is 141 Å². The van der Waals surface area contributed by atoms with Crippen LogP contribution < -0.4 is 0 Å². The predicted octanol–water partition coefficient (Wildman–Crippen LogP) is 22.9. The van der Waals surface area contributed by atoms with E-state index >= 15 is 0 Å². The first-order chi connectivity index (χ1) is 40.0. The van der Waals surface area contributed by atoms with Gasteiger partial charge in [0.2, 0.25) is 0 Å². The Labute approximate surface area is 499 Å². The van der Waals surface area contributed by atoms with Crippen molar-refractivity contribution < 1.29 is 28.6 Å². The van der Waals surface area contributed by atoms with Crippen LogP contribution in [-0.4, -0.2) is 37.2 Å². The summed E-state index contributed by atoms with van der Waals surface area (Å²) >= 11 is 0. The number of rotatable bonds is 58. The number of esters is 3. The van der Waals surface area contributed by atoms with E-state index in [-0.39, 0.29) is 31.1 Å². The van der Waals surface area contributed by atoms with E-state index in [1.165, 1.54) is 70.6 Å². The molecule has 0 rings (SSSR count). The van der Waals surface area contributed by atoms with Gasteiger partial charge in [0.1, 0.15) is 13.2 Å². The Hall–Kier alpha value is -4.97. The summed E-state index contributed by atoms with van der Waals surface area (Å²) in [6.07, 6.45) is 98.3. The molecule has 0 N–H and O–H groups in total. The van der Waals surface area contributed by atoms with Gasteiger partial charge in [0.15, 0.2) is 6.10 Å². The van der Waals surface area contributed by atoms with Gasteiger partial charge >= 0.3 is 17.9 Å². The molecule has 1 atom stereocenters. The minimum Gasteiger partial charge on any atom is -0.462 e. The Morgan fingerprint density at radius 1 is 0.247 bits per heavy atom. The summed E-state index contributed by atoms with van der Waals surface area (Å²) in [5, 5.41) is 0. The fraction of sp³-hybridized carbons (Fsp3) is 0.613. The van der Waals surface area contributed by atoms with Crippen molar-refractivity contribution in [3.63, 3.8) is 0 Å². The molecule has 0 aromatic rings. The normalized spacial score (nSPS) is 13.2. The van der Waals surface area contributed by atoms with E-state index in [0.29, 0.717) is 19.3 Å². The maximum Gasteiger partial charge on any atom is 0.306 e. The van der Waals surface area contributed by atoms with Crippen LogP contribution in [0.15, 0.2) is 158 Å². The minimum absolute atomic E-state index is 0.101. The highest BCUT2D eigenvalue weighted by molar-refractivity contribution is 5.71. The molecule has 1 unspecified atom stereocenters. The third kappa shape index (κ3) is 65.7. The molecule has 0 aliphatic rings. The number of unbranched alkanes of at least 4 members (excludes halogenated alkanes) is 21. The first-order valence-electron chi connectivity index (χ1n) is 33.0. The van der Waals surface area contributed by atoms with Crippen LogP contribution in [0.2, 0.25) is 0 Å². The molecule has 0 heterocycles. The molecule has 6 nitrogen and oxygen atoms in total. The van der Waals surface area contributed by atoms with Gasteiger partial charge in [-0.2, -0.15) is 0 Å². The van der Waals surface area contributed by atoms with Crippen LogP contribution in [0.3, 0.4) is 0 Å². The van der Waals surface area contributed by atoms with Crippen LogP contribution in [0.1, 0.15) is 278 Å². The van der Waals surface area contributed by atoms with Gasteiger partial charge in [0.25, 0.3) is 0 Å². The van der Waals surface area contributed by atoms with Gasteiger partial charge in [-0.3, -0.25) is 14.4 Å². The van der Waals surface area contributed by atoms with Gasteiger partial charge in [-0.25, -0.2) is 0 Å². The zero-order valence-corrected chi connectivity index (χ0v) is 52.2. The molecule has 456 valence electrons. The van der Waals surface area contributed by atoms with Crippen LogP contribution in [0.25, 0.3) is 0 Å². The van der Waals surface area contributed by atoms with Crippen molar-refractivity contribution in [2.24, 2.45) is 0 Å². The van der Waals surface area contributed by atoms with Crippen LogP contribution in [0, 0.1) is 0 Å². The van der Waals surface area contributed by atoms with Crippen molar-refractivity contribution in [3.8, 4) is 0 Å². The maximum absolute atomic E-state index is 12.9. The number of carbonyl (C=O) groups excluding carboxylic acids is 3. The van der Waals surface area contributed by atoms with E-state index in [1.807, 2.05) is 0 Å². The lowest BCUT2D eigenvalue weighted by molar-refractivity contribution is -0.167. The quantitative estimate of drug-likeness (QED) is 0.0261. The molecule has 0 spiro atoms. The second-order valence-corrected chi connectivity index (χ2v) is 21.2. The summed E-state index contributed by atoms with van der Waals surface area (Å²) < 4.78 is 16.9. The molecular formula is C75H120O6. The monoisotopic (exact) mass is 1120 g/mol. The van der Waals surface area contributed by atoms with Gasteiger partial charge < -0.3 is 14.2 Å². The number of allylic oxidation sites excluding steroid dienone is 26. The SMILES string of the molecule is CC/C=C\C/C=C\C/C=C\C/C=C\C/C=C\CCCCCCCCCCCCCCCC(=O)OCC(COC(=O)CCCCC/C=C\C/C=C\C/C=C\CC)OC(=O)CCCCCCC/C=C\C/C=C\C/C=C\C/C=C\C/C=C\CC. The van der Waals surface area contributed by atoms with Crippen molar-refractivity contribution in [1.82, 2.24) is 0 Å². The van der Waals surface area contributed by atoms with Crippen molar-refractivity contribution in [2.75, 3.05) is 13.2 Å². The molecule has 0 saturated heterocycles. The van der Waals surface area contributed by atoms with E-state index in [9.17, 15) is 14.4 Å². The Morgan fingerprint density at radius 2 is 0.444 bits per heavy atom. The molecule has 0 fully saturated rings. The van der Waals surface area contributed by atoms with Crippen LogP contribution >= 0.6 is 0 Å². The van der Waals surface area contributed by atoms with Crippen LogP contribution in [-0.2, 0) is 28.6 Å². The average Bonchev–Trinajstić information content (AvgIpc) is 3.46. The van der Waals surface area contributed by atoms with E-state index in [0.717, 1.165) is 167 Å². The molecule has 81 heavy (non-hydrogen) atoms. The highest BCUT2D eigenvalue weighted by Gasteiger charge is 2.19. The van der Waals surface area contributed by atoms with E-state index < -0.39 is 6.10 Å². The maximum atomic E-state index is 12.9. The highest BCUT2D eigenvalue weighted by Crippen LogP contribution is 2.15. The number of hydrogen-bond donors (Lipinski definition) is 0. The van der Waals surface area contributed by atoms with E-state index in [4.69, 9.17) is 14.2 Å². The fourth-order valence-corrected chi connectivity index (χ4v) is 8.69. The fourth-order valence-electron chi connectivity index (χ4n) is 8.69. The van der Waals surface area contributed by atoms with Gasteiger partial charge in [-0.1, -0.05) is 275 Å². The Balaban J connectivity index is 4.35. The van der Waals surface area contributed by atoms with Crippen LogP contribution in [0.4, 0.5) is 0 Å². The predicted molar refractivity (Wildman–Crippen MR) is 352 cm³/mol. The standard InChI is InChI=1S/C75H120O6/c1-4-7-10-13-16-19-22-25-27-29-31-33-34-35-36-37-38-39-40-42-43-45-47-50-53-56-59-62-65-68-74(77)80-71-72(70-79-73(76)67-64-61-58-55-52-49-24-21-18-15-12-9-6-3)81-75(78)69-66-63-60-57-54-51-48-46-44-41-32-30-28-26-23-20-17-14-11-8-5-2/h7-12,16-21,25-28,31-33,35-36,41,46,48-49,52,72H,4-6,13-15,22-24,29-30,34,37-40,42-45,47,50-51,53-71H2,1-3H3/b10-7-,11-8-,12-9-,19-16-,20-17-,21-18-,27-25-,28-26-,33-31-,36-35-,41-32-,48-46-,52-49-. The van der Waals surface area contributed by atoms with E-state index in [1.54, 1.807) is 0 Å². The number of hydrogen-bond acceptors (Lipinski definition) is 6. The topological polar surface area (TPSA) is 78.9 Å². The zero-order valence-electron chi connectivity index (χ0n) is 52.2. The number of carbonyl (C=O) groups is 3. The molecule has 0 radical (unpaired) electrons. The summed E-state index contributed by atoms with van der Waals surface area (Å²) in [5.74, 6) is -0.953. The van der Waals surface area contributed by atoms with Crippen molar-refractivity contribution in [3.05, 3.63) is 158 Å². The lowest BCUT2D eigenvalue weighted by atomic mass is 10.0. The molecule has 0 bridgehead atoms. The first-order valence-corrected chi connectivity index (χ1v) is 33.0. The molecule has 6 heteroatoms. The summed E-state index contributed by atoms with van der Waals surface area (Å²) in [6, 6.07) is 0. The summed E-state index contributed by atoms with van der Waals surface area (Å²) in [5.41, 5.74) is 0. The van der Waals surface area contributed by atoms with Crippen molar-refractivity contribution >= 4 is 17.9 Å². The third-order valence-electron chi connectivity index (χ3n) is 13.5. The largest absolute Gasteiger partial charge is 0.462 e. The Kier molecular flexibility index (Phi) is 63.4. The molecule has 0 aromatic heterocycles. The van der Waals surface area contributed by atoms with Gasteiger partial charge in [-0.15, -0.1) is 0 Å². The molecule has 0 amide bonds. The molecule has 0 saturated carbocycles. The molecule has 0 aliphatic carbocycles. The Bertz CT molecular complexity index is 1810. The molecular weight excluding hydrogens is 997 g/mol. The second-order valence-electron chi connectivity index (χ2n) is 21.2. The lowest BCUT2D eigenvalue weighted by Crippen LogP contribution is -2.30. The van der Waals surface area contributed by atoms with E-state index in [2.05, 4.69) is 179 Å². The smallest absolute Gasteiger partial charge is 0.306 e. The summed E-state index contributed by atoms with van der Waals surface area (Å²) in [7, 11) is 0. The van der Waals surface area contributed by atoms with Crippen molar-refractivity contribution in [2.45, 2.75) is 284 Å². The zero-order chi connectivity index (χ0) is 58.5. The molecule has 0 aromatic carbocycles. The third-order valence-corrected chi connectivity index (χ3v) is 13.5. The van der Waals surface area contributed by atoms with Gasteiger partial charge in [0, 0.05) is 19.3 Å². The average molecular weight is 1120 g/mol. The first kappa shape index (κ1) is 76.0. The summed E-state index contributed by atoms with van der Waals surface area (Å²) in [4.78, 5) is 38.3. The van der Waals surface area contributed by atoms with Crippen molar-refractivity contribution in [1.29, 1.82) is 0 Å². The lowest BCUT2D eigenvalue weighted by Gasteiger charge is -2.18. The minimum atomic E-state index is -0.809. The summed E-state index contributed by atoms with van der Waals surface area (Å²) in [6.45, 7) is 6.26. The van der Waals surface area contributed by atoms with Gasteiger partial charge in [0.05, 0.1) is 0 Å².